The highest BCUT2D eigenvalue weighted by molar-refractivity contribution is 7.99. The zero-order valence-electron chi connectivity index (χ0n) is 15.8. The number of carbonyl (C=O) groups is 2. The lowest BCUT2D eigenvalue weighted by Crippen LogP contribution is -2.28. The van der Waals surface area contributed by atoms with Crippen LogP contribution in [-0.4, -0.2) is 48.3 Å². The molecule has 28 heavy (non-hydrogen) atoms. The Labute approximate surface area is 167 Å². The molecule has 3 rings (SSSR count). The first-order valence-electron chi connectivity index (χ1n) is 8.84. The average Bonchev–Trinajstić information content (AvgIpc) is 3.40. The van der Waals surface area contributed by atoms with Gasteiger partial charge in [-0.1, -0.05) is 0 Å². The Balaban J connectivity index is 1.71. The maximum atomic E-state index is 12.8. The summed E-state index contributed by atoms with van der Waals surface area (Å²) in [6.45, 7) is 0. The van der Waals surface area contributed by atoms with Gasteiger partial charge in [-0.3, -0.25) is 9.59 Å². The van der Waals surface area contributed by atoms with Crippen LogP contribution in [0.2, 0.25) is 0 Å². The number of benzene rings is 1. The van der Waals surface area contributed by atoms with Crippen molar-refractivity contribution in [3.8, 4) is 5.75 Å². The van der Waals surface area contributed by atoms with Crippen LogP contribution in [0.4, 0.5) is 0 Å². The van der Waals surface area contributed by atoms with Crippen LogP contribution in [0.25, 0.3) is 0 Å². The molecule has 8 heteroatoms. The zero-order chi connectivity index (χ0) is 19.9. The van der Waals surface area contributed by atoms with Gasteiger partial charge in [-0.15, -0.1) is 0 Å². The fourth-order valence-electron chi connectivity index (χ4n) is 2.88. The average molecular weight is 402 g/mol. The predicted octanol–water partition coefficient (Wildman–Crippen LogP) is 3.26. The molecule has 0 bridgehead atoms. The van der Waals surface area contributed by atoms with Gasteiger partial charge in [-0.25, -0.2) is 5.01 Å². The number of methoxy groups -OCH3 is 2. The van der Waals surface area contributed by atoms with Crippen molar-refractivity contribution in [2.75, 3.05) is 25.7 Å². The summed E-state index contributed by atoms with van der Waals surface area (Å²) >= 11 is 1.38. The van der Waals surface area contributed by atoms with Crippen LogP contribution in [0.15, 0.2) is 52.2 Å². The van der Waals surface area contributed by atoms with Crippen molar-refractivity contribution >= 4 is 29.4 Å². The molecule has 0 saturated heterocycles. The third-order valence-corrected chi connectivity index (χ3v) is 5.31. The molecule has 2 aromatic rings. The zero-order valence-corrected chi connectivity index (χ0v) is 16.6. The fraction of sp³-hybridized carbons (Fsp3) is 0.350. The number of hydrogen-bond acceptors (Lipinski definition) is 7. The van der Waals surface area contributed by atoms with E-state index in [1.807, 2.05) is 30.3 Å². The lowest BCUT2D eigenvalue weighted by molar-refractivity contribution is -0.140. The highest BCUT2D eigenvalue weighted by Crippen LogP contribution is 2.33. The number of nitrogens with zero attached hydrogens (tertiary/aromatic N) is 2. The quantitative estimate of drug-likeness (QED) is 0.498. The number of carbonyl (C=O) groups excluding carboxylic acids is 2. The molecule has 2 heterocycles. The van der Waals surface area contributed by atoms with Gasteiger partial charge >= 0.3 is 5.97 Å². The molecule has 0 N–H and O–H groups in total. The molecule has 148 valence electrons. The summed E-state index contributed by atoms with van der Waals surface area (Å²) in [5, 5.41) is 6.07. The summed E-state index contributed by atoms with van der Waals surface area (Å²) in [4.78, 5) is 24.0. The van der Waals surface area contributed by atoms with E-state index in [2.05, 4.69) is 9.84 Å². The van der Waals surface area contributed by atoms with Gasteiger partial charge in [0.2, 0.25) is 0 Å². The van der Waals surface area contributed by atoms with E-state index in [0.29, 0.717) is 17.9 Å². The SMILES string of the molecule is COC(=O)CCSCC(=O)N1N=C(c2ccc(OC)cc2)C[C@H]1c1ccco1. The Bertz CT molecular complexity index is 833. The van der Waals surface area contributed by atoms with Crippen LogP contribution in [-0.2, 0) is 14.3 Å². The molecule has 1 atom stereocenters. The third-order valence-electron chi connectivity index (χ3n) is 4.36. The number of hydrogen-bond donors (Lipinski definition) is 0. The van der Waals surface area contributed by atoms with E-state index in [4.69, 9.17) is 9.15 Å². The second kappa shape index (κ2) is 9.45. The molecule has 1 aromatic heterocycles. The number of hydrazone groups is 1. The van der Waals surface area contributed by atoms with Crippen LogP contribution in [0.1, 0.15) is 30.2 Å². The van der Waals surface area contributed by atoms with E-state index in [0.717, 1.165) is 17.0 Å². The van der Waals surface area contributed by atoms with Gasteiger partial charge in [-0.05, 0) is 42.0 Å². The molecule has 0 saturated carbocycles. The first-order chi connectivity index (χ1) is 13.6. The summed E-state index contributed by atoms with van der Waals surface area (Å²) in [5.74, 6) is 1.80. The molecule has 1 aliphatic rings. The Morgan fingerprint density at radius 3 is 2.68 bits per heavy atom. The van der Waals surface area contributed by atoms with Crippen LogP contribution in [0, 0.1) is 0 Å². The van der Waals surface area contributed by atoms with Gasteiger partial charge < -0.3 is 13.9 Å². The molecular weight excluding hydrogens is 380 g/mol. The highest BCUT2D eigenvalue weighted by Gasteiger charge is 2.34. The number of esters is 1. The number of ether oxygens (including phenoxy) is 2. The largest absolute Gasteiger partial charge is 0.497 e. The first-order valence-corrected chi connectivity index (χ1v) is 9.99. The summed E-state index contributed by atoms with van der Waals surface area (Å²) in [5.41, 5.74) is 1.75. The van der Waals surface area contributed by atoms with E-state index in [1.165, 1.54) is 23.9 Å². The maximum Gasteiger partial charge on any atom is 0.306 e. The molecular formula is C20H22N2O5S. The van der Waals surface area contributed by atoms with Gasteiger partial charge in [0, 0.05) is 12.2 Å². The molecule has 0 fully saturated rings. The summed E-state index contributed by atoms with van der Waals surface area (Å²) in [7, 11) is 2.97. The van der Waals surface area contributed by atoms with Gasteiger partial charge in [0.05, 0.1) is 38.4 Å². The third kappa shape index (κ3) is 4.75. The molecule has 1 amide bonds. The number of furan rings is 1. The van der Waals surface area contributed by atoms with Gasteiger partial charge in [0.15, 0.2) is 0 Å². The normalized spacial score (nSPS) is 16.0. The smallest absolute Gasteiger partial charge is 0.306 e. The van der Waals surface area contributed by atoms with Crippen LogP contribution >= 0.6 is 11.8 Å². The molecule has 1 aromatic carbocycles. The molecule has 0 aliphatic carbocycles. The Kier molecular flexibility index (Phi) is 6.76. The van der Waals surface area contributed by atoms with E-state index >= 15 is 0 Å². The fourth-order valence-corrected chi connectivity index (χ4v) is 3.65. The molecule has 0 spiro atoms. The van der Waals surface area contributed by atoms with Crippen molar-refractivity contribution in [3.63, 3.8) is 0 Å². The second-order valence-corrected chi connectivity index (χ2v) is 7.23. The lowest BCUT2D eigenvalue weighted by atomic mass is 10.0. The molecule has 0 unspecified atom stereocenters. The highest BCUT2D eigenvalue weighted by atomic mass is 32.2. The van der Waals surface area contributed by atoms with E-state index in [-0.39, 0.29) is 30.1 Å². The predicted molar refractivity (Wildman–Crippen MR) is 106 cm³/mol. The summed E-state index contributed by atoms with van der Waals surface area (Å²) in [6.07, 6.45) is 2.43. The molecule has 1 aliphatic heterocycles. The van der Waals surface area contributed by atoms with E-state index in [9.17, 15) is 9.59 Å². The Morgan fingerprint density at radius 1 is 1.25 bits per heavy atom. The van der Waals surface area contributed by atoms with Gasteiger partial charge in [-0.2, -0.15) is 16.9 Å². The standard InChI is InChI=1S/C20H22N2O5S/c1-25-15-7-5-14(6-8-15)16-12-17(18-4-3-10-27-18)22(21-16)19(23)13-28-11-9-20(24)26-2/h3-8,10,17H,9,11-13H2,1-2H3/t17-/m0/s1. The van der Waals surface area contributed by atoms with Crippen molar-refractivity contribution in [2.45, 2.75) is 18.9 Å². The van der Waals surface area contributed by atoms with E-state index in [1.54, 1.807) is 19.4 Å². The Hall–Kier alpha value is -2.74. The minimum absolute atomic E-state index is 0.125. The number of amides is 1. The number of thioether (sulfide) groups is 1. The topological polar surface area (TPSA) is 81.3 Å². The van der Waals surface area contributed by atoms with Crippen LogP contribution in [0.3, 0.4) is 0 Å². The van der Waals surface area contributed by atoms with Gasteiger partial charge in [0.25, 0.3) is 5.91 Å². The van der Waals surface area contributed by atoms with Crippen molar-refractivity contribution in [3.05, 3.63) is 54.0 Å². The Morgan fingerprint density at radius 2 is 2.04 bits per heavy atom. The van der Waals surface area contributed by atoms with Crippen molar-refractivity contribution < 1.29 is 23.5 Å². The van der Waals surface area contributed by atoms with Crippen molar-refractivity contribution in [1.29, 1.82) is 0 Å². The lowest BCUT2D eigenvalue weighted by Gasteiger charge is -2.19. The number of rotatable bonds is 8. The van der Waals surface area contributed by atoms with Crippen LogP contribution in [0.5, 0.6) is 5.75 Å². The monoisotopic (exact) mass is 402 g/mol. The summed E-state index contributed by atoms with van der Waals surface area (Å²) in [6, 6.07) is 11.0. The van der Waals surface area contributed by atoms with Crippen molar-refractivity contribution in [1.82, 2.24) is 5.01 Å². The first kappa shape index (κ1) is 20.0. The van der Waals surface area contributed by atoms with E-state index < -0.39 is 0 Å². The van der Waals surface area contributed by atoms with Crippen LogP contribution < -0.4 is 4.74 Å². The van der Waals surface area contributed by atoms with Crippen molar-refractivity contribution in [2.24, 2.45) is 5.10 Å². The molecule has 7 nitrogen and oxygen atoms in total. The summed E-state index contributed by atoms with van der Waals surface area (Å²) < 4.78 is 15.3. The van der Waals surface area contributed by atoms with Gasteiger partial charge in [0.1, 0.15) is 17.6 Å². The minimum atomic E-state index is -0.283. The maximum absolute atomic E-state index is 12.8. The molecule has 0 radical (unpaired) electrons. The minimum Gasteiger partial charge on any atom is -0.497 e. The second-order valence-electron chi connectivity index (χ2n) is 6.13.